The summed E-state index contributed by atoms with van der Waals surface area (Å²) in [5.41, 5.74) is 1.24. The predicted octanol–water partition coefficient (Wildman–Crippen LogP) is 3.04. The maximum atomic E-state index is 12.2. The van der Waals surface area contributed by atoms with Gasteiger partial charge in [-0.2, -0.15) is 0 Å². The van der Waals surface area contributed by atoms with Crippen molar-refractivity contribution >= 4 is 28.4 Å². The number of aromatic nitrogens is 1. The average Bonchev–Trinajstić information content (AvgIpc) is 2.42. The molecule has 2 rings (SSSR count). The largest absolute Gasteiger partial charge is 0.377 e. The number of hydrogen-bond donors (Lipinski definition) is 1. The van der Waals surface area contributed by atoms with Crippen LogP contribution >= 0.6 is 11.6 Å². The van der Waals surface area contributed by atoms with Crippen LogP contribution in [0.25, 0.3) is 10.9 Å². The van der Waals surface area contributed by atoms with Gasteiger partial charge in [0.25, 0.3) is 5.91 Å². The van der Waals surface area contributed by atoms with Crippen molar-refractivity contribution in [3.05, 3.63) is 41.0 Å². The molecule has 1 heterocycles. The Balaban J connectivity index is 2.13. The number of amides is 1. The van der Waals surface area contributed by atoms with E-state index >= 15 is 0 Å². The van der Waals surface area contributed by atoms with E-state index in [-0.39, 0.29) is 12.0 Å². The van der Waals surface area contributed by atoms with Crippen molar-refractivity contribution in [2.45, 2.75) is 20.0 Å². The zero-order valence-corrected chi connectivity index (χ0v) is 12.3. The van der Waals surface area contributed by atoms with Crippen LogP contribution < -0.4 is 5.32 Å². The molecule has 0 bridgehead atoms. The van der Waals surface area contributed by atoms with E-state index in [0.29, 0.717) is 29.4 Å². The lowest BCUT2D eigenvalue weighted by atomic mass is 10.1. The van der Waals surface area contributed by atoms with Crippen LogP contribution in [0.2, 0.25) is 5.15 Å². The molecule has 0 atom stereocenters. The summed E-state index contributed by atoms with van der Waals surface area (Å²) in [4.78, 5) is 16.4. The summed E-state index contributed by atoms with van der Waals surface area (Å²) in [6, 6.07) is 9.01. The number of para-hydroxylation sites is 1. The van der Waals surface area contributed by atoms with Gasteiger partial charge >= 0.3 is 0 Å². The van der Waals surface area contributed by atoms with Crippen molar-refractivity contribution < 1.29 is 9.53 Å². The minimum absolute atomic E-state index is 0.156. The Hall–Kier alpha value is -1.65. The highest BCUT2D eigenvalue weighted by atomic mass is 35.5. The lowest BCUT2D eigenvalue weighted by Gasteiger charge is -2.10. The normalized spacial score (nSPS) is 11.0. The molecule has 0 saturated carbocycles. The van der Waals surface area contributed by atoms with E-state index in [1.165, 1.54) is 0 Å². The average molecular weight is 293 g/mol. The number of carbonyl (C=O) groups is 1. The number of hydrogen-bond acceptors (Lipinski definition) is 3. The first-order valence-electron chi connectivity index (χ1n) is 6.53. The van der Waals surface area contributed by atoms with E-state index in [4.69, 9.17) is 16.3 Å². The zero-order chi connectivity index (χ0) is 14.5. The molecule has 4 nitrogen and oxygen atoms in total. The second kappa shape index (κ2) is 6.68. The molecule has 0 aliphatic heterocycles. The molecular formula is C15H17ClN2O2. The summed E-state index contributed by atoms with van der Waals surface area (Å²) in [7, 11) is 0. The van der Waals surface area contributed by atoms with Crippen LogP contribution in [-0.2, 0) is 4.74 Å². The Morgan fingerprint density at radius 1 is 1.40 bits per heavy atom. The first kappa shape index (κ1) is 14.8. The predicted molar refractivity (Wildman–Crippen MR) is 80.2 cm³/mol. The lowest BCUT2D eigenvalue weighted by Crippen LogP contribution is -2.28. The third kappa shape index (κ3) is 3.68. The van der Waals surface area contributed by atoms with Crippen LogP contribution in [0.3, 0.4) is 0 Å². The van der Waals surface area contributed by atoms with Crippen LogP contribution in [0.1, 0.15) is 24.2 Å². The molecule has 1 aromatic heterocycles. The van der Waals surface area contributed by atoms with Gasteiger partial charge in [-0.25, -0.2) is 4.98 Å². The van der Waals surface area contributed by atoms with Crippen LogP contribution in [0.5, 0.6) is 0 Å². The molecule has 20 heavy (non-hydrogen) atoms. The summed E-state index contributed by atoms with van der Waals surface area (Å²) < 4.78 is 5.39. The van der Waals surface area contributed by atoms with E-state index in [1.54, 1.807) is 6.07 Å². The number of pyridine rings is 1. The van der Waals surface area contributed by atoms with Gasteiger partial charge in [-0.3, -0.25) is 4.79 Å². The van der Waals surface area contributed by atoms with Crippen LogP contribution in [0.15, 0.2) is 30.3 Å². The third-order valence-electron chi connectivity index (χ3n) is 2.77. The second-order valence-electron chi connectivity index (χ2n) is 4.69. The van der Waals surface area contributed by atoms with E-state index < -0.39 is 0 Å². The fourth-order valence-corrected chi connectivity index (χ4v) is 2.09. The molecule has 0 radical (unpaired) electrons. The topological polar surface area (TPSA) is 51.2 Å². The van der Waals surface area contributed by atoms with Gasteiger partial charge in [0.2, 0.25) is 0 Å². The summed E-state index contributed by atoms with van der Waals surface area (Å²) >= 11 is 5.95. The molecule has 0 aliphatic rings. The number of benzene rings is 1. The van der Waals surface area contributed by atoms with Crippen molar-refractivity contribution in [3.63, 3.8) is 0 Å². The highest BCUT2D eigenvalue weighted by molar-refractivity contribution is 6.30. The van der Waals surface area contributed by atoms with Gasteiger partial charge in [0, 0.05) is 11.9 Å². The molecule has 0 saturated heterocycles. The minimum Gasteiger partial charge on any atom is -0.377 e. The number of nitrogens with one attached hydrogen (secondary N) is 1. The van der Waals surface area contributed by atoms with Gasteiger partial charge in [0.1, 0.15) is 5.15 Å². The summed E-state index contributed by atoms with van der Waals surface area (Å²) in [5.74, 6) is -0.169. The Bertz CT molecular complexity index is 614. The Kier molecular flexibility index (Phi) is 4.93. The number of nitrogens with zero attached hydrogens (tertiary/aromatic N) is 1. The van der Waals surface area contributed by atoms with Gasteiger partial charge in [0.15, 0.2) is 0 Å². The number of fused-ring (bicyclic) bond motifs is 1. The summed E-state index contributed by atoms with van der Waals surface area (Å²) in [6.07, 6.45) is 0.156. The Morgan fingerprint density at radius 3 is 2.90 bits per heavy atom. The van der Waals surface area contributed by atoms with E-state index in [2.05, 4.69) is 10.3 Å². The van der Waals surface area contributed by atoms with Crippen molar-refractivity contribution in [1.82, 2.24) is 10.3 Å². The Morgan fingerprint density at radius 2 is 2.15 bits per heavy atom. The molecule has 1 amide bonds. The van der Waals surface area contributed by atoms with Crippen molar-refractivity contribution in [2.24, 2.45) is 0 Å². The van der Waals surface area contributed by atoms with Gasteiger partial charge in [-0.15, -0.1) is 0 Å². The lowest BCUT2D eigenvalue weighted by molar-refractivity contribution is 0.0747. The quantitative estimate of drug-likeness (QED) is 0.681. The maximum absolute atomic E-state index is 12.2. The molecule has 0 unspecified atom stereocenters. The first-order chi connectivity index (χ1) is 9.58. The van der Waals surface area contributed by atoms with E-state index in [0.717, 1.165) is 5.39 Å². The molecule has 1 N–H and O–H groups in total. The standard InChI is InChI=1S/C15H17ClN2O2/c1-10(2)20-8-7-17-15(19)12-9-14(16)18-13-6-4-3-5-11(12)13/h3-6,9-10H,7-8H2,1-2H3,(H,17,19). The SMILES string of the molecule is CC(C)OCCNC(=O)c1cc(Cl)nc2ccccc12. The van der Waals surface area contributed by atoms with Crippen LogP contribution in [-0.4, -0.2) is 30.1 Å². The molecule has 0 fully saturated rings. The smallest absolute Gasteiger partial charge is 0.252 e. The van der Waals surface area contributed by atoms with Gasteiger partial charge in [0.05, 0.1) is 23.8 Å². The summed E-state index contributed by atoms with van der Waals surface area (Å²) in [5, 5.41) is 3.93. The molecule has 0 spiro atoms. The van der Waals surface area contributed by atoms with Gasteiger partial charge in [-0.1, -0.05) is 29.8 Å². The molecular weight excluding hydrogens is 276 g/mol. The second-order valence-corrected chi connectivity index (χ2v) is 5.07. The number of rotatable bonds is 5. The molecule has 1 aromatic carbocycles. The van der Waals surface area contributed by atoms with Gasteiger partial charge < -0.3 is 10.1 Å². The third-order valence-corrected chi connectivity index (χ3v) is 2.96. The molecule has 5 heteroatoms. The first-order valence-corrected chi connectivity index (χ1v) is 6.91. The van der Waals surface area contributed by atoms with Crippen molar-refractivity contribution in [3.8, 4) is 0 Å². The van der Waals surface area contributed by atoms with Crippen LogP contribution in [0, 0.1) is 0 Å². The molecule has 0 aliphatic carbocycles. The van der Waals surface area contributed by atoms with E-state index in [9.17, 15) is 4.79 Å². The number of halogens is 1. The minimum atomic E-state index is -0.169. The van der Waals surface area contributed by atoms with E-state index in [1.807, 2.05) is 38.1 Å². The fraction of sp³-hybridized carbons (Fsp3) is 0.333. The number of carbonyl (C=O) groups excluding carboxylic acids is 1. The zero-order valence-electron chi connectivity index (χ0n) is 11.5. The fourth-order valence-electron chi connectivity index (χ4n) is 1.89. The van der Waals surface area contributed by atoms with Crippen molar-refractivity contribution in [1.29, 1.82) is 0 Å². The highest BCUT2D eigenvalue weighted by Crippen LogP contribution is 2.20. The highest BCUT2D eigenvalue weighted by Gasteiger charge is 2.11. The number of ether oxygens (including phenoxy) is 1. The monoisotopic (exact) mass is 292 g/mol. The van der Waals surface area contributed by atoms with Gasteiger partial charge in [-0.05, 0) is 26.0 Å². The summed E-state index contributed by atoms with van der Waals surface area (Å²) in [6.45, 7) is 4.86. The Labute approximate surface area is 123 Å². The van der Waals surface area contributed by atoms with Crippen LogP contribution in [0.4, 0.5) is 0 Å². The molecule has 106 valence electrons. The van der Waals surface area contributed by atoms with Crippen molar-refractivity contribution in [2.75, 3.05) is 13.2 Å². The molecule has 2 aromatic rings. The maximum Gasteiger partial charge on any atom is 0.252 e.